The first-order valence-corrected chi connectivity index (χ1v) is 5.83. The second kappa shape index (κ2) is 5.47. The normalized spacial score (nSPS) is 10.1. The zero-order valence-corrected chi connectivity index (χ0v) is 10.6. The molecule has 0 radical (unpaired) electrons. The number of halogens is 1. The van der Waals surface area contributed by atoms with Gasteiger partial charge in [0.1, 0.15) is 0 Å². The molecule has 0 aliphatic heterocycles. The molecule has 0 aliphatic carbocycles. The standard InChI is InChI=1S/C11H14BrNS/c1-8-7-9(5-6-10(8)12)3-2-4-11(13)14/h5-7H,2-4H2,1H3,(H2,13,14). The van der Waals surface area contributed by atoms with Gasteiger partial charge in [0.05, 0.1) is 4.99 Å². The van der Waals surface area contributed by atoms with Crippen LogP contribution >= 0.6 is 28.1 Å². The van der Waals surface area contributed by atoms with Gasteiger partial charge in [-0.05, 0) is 43.4 Å². The van der Waals surface area contributed by atoms with Gasteiger partial charge < -0.3 is 5.73 Å². The van der Waals surface area contributed by atoms with Gasteiger partial charge in [0, 0.05) is 4.47 Å². The first-order chi connectivity index (χ1) is 6.59. The lowest BCUT2D eigenvalue weighted by molar-refractivity contribution is 0.866. The average Bonchev–Trinajstić information content (AvgIpc) is 2.10. The molecule has 0 heterocycles. The zero-order chi connectivity index (χ0) is 10.6. The number of rotatable bonds is 4. The van der Waals surface area contributed by atoms with Crippen molar-refractivity contribution in [2.24, 2.45) is 5.73 Å². The van der Waals surface area contributed by atoms with Gasteiger partial charge in [0.2, 0.25) is 0 Å². The first-order valence-electron chi connectivity index (χ1n) is 4.63. The molecule has 3 heteroatoms. The van der Waals surface area contributed by atoms with Crippen molar-refractivity contribution in [1.82, 2.24) is 0 Å². The van der Waals surface area contributed by atoms with Gasteiger partial charge in [0.15, 0.2) is 0 Å². The van der Waals surface area contributed by atoms with Gasteiger partial charge in [-0.25, -0.2) is 0 Å². The molecule has 0 amide bonds. The van der Waals surface area contributed by atoms with E-state index in [-0.39, 0.29) is 0 Å². The molecule has 2 N–H and O–H groups in total. The summed E-state index contributed by atoms with van der Waals surface area (Å²) in [4.78, 5) is 0.610. The van der Waals surface area contributed by atoms with Gasteiger partial charge in [-0.15, -0.1) is 0 Å². The highest BCUT2D eigenvalue weighted by atomic mass is 79.9. The molecule has 0 unspecified atom stereocenters. The van der Waals surface area contributed by atoms with Crippen LogP contribution in [0.5, 0.6) is 0 Å². The zero-order valence-electron chi connectivity index (χ0n) is 8.22. The van der Waals surface area contributed by atoms with Crippen molar-refractivity contribution >= 4 is 33.1 Å². The molecule has 0 bridgehead atoms. The van der Waals surface area contributed by atoms with Crippen LogP contribution in [0.25, 0.3) is 0 Å². The van der Waals surface area contributed by atoms with E-state index < -0.39 is 0 Å². The van der Waals surface area contributed by atoms with Crippen LogP contribution in [0.2, 0.25) is 0 Å². The number of hydrogen-bond donors (Lipinski definition) is 1. The van der Waals surface area contributed by atoms with Gasteiger partial charge in [0.25, 0.3) is 0 Å². The van der Waals surface area contributed by atoms with E-state index in [2.05, 4.69) is 41.1 Å². The number of benzene rings is 1. The number of aryl methyl sites for hydroxylation is 2. The van der Waals surface area contributed by atoms with Crippen molar-refractivity contribution in [3.63, 3.8) is 0 Å². The van der Waals surface area contributed by atoms with Crippen LogP contribution in [0.1, 0.15) is 24.0 Å². The fourth-order valence-corrected chi connectivity index (χ4v) is 1.72. The molecule has 0 aliphatic rings. The molecule has 0 aromatic heterocycles. The van der Waals surface area contributed by atoms with E-state index in [1.807, 2.05) is 0 Å². The number of hydrogen-bond acceptors (Lipinski definition) is 1. The van der Waals surface area contributed by atoms with Crippen LogP contribution in [0.15, 0.2) is 22.7 Å². The molecule has 0 spiro atoms. The van der Waals surface area contributed by atoms with E-state index in [1.165, 1.54) is 11.1 Å². The van der Waals surface area contributed by atoms with Crippen molar-refractivity contribution in [1.29, 1.82) is 0 Å². The van der Waals surface area contributed by atoms with E-state index in [4.69, 9.17) is 18.0 Å². The Labute approximate surface area is 98.8 Å². The summed E-state index contributed by atoms with van der Waals surface area (Å²) in [5.41, 5.74) is 8.06. The maximum Gasteiger partial charge on any atom is 0.0727 e. The first kappa shape index (κ1) is 11.7. The molecule has 0 fully saturated rings. The third kappa shape index (κ3) is 3.76. The van der Waals surface area contributed by atoms with Crippen molar-refractivity contribution in [3.8, 4) is 0 Å². The SMILES string of the molecule is Cc1cc(CCCC(N)=S)ccc1Br. The highest BCUT2D eigenvalue weighted by Gasteiger charge is 1.98. The third-order valence-electron chi connectivity index (χ3n) is 2.11. The quantitative estimate of drug-likeness (QED) is 0.850. The molecule has 76 valence electrons. The highest BCUT2D eigenvalue weighted by molar-refractivity contribution is 9.10. The molecule has 1 aromatic carbocycles. The molecule has 1 aromatic rings. The average molecular weight is 272 g/mol. The topological polar surface area (TPSA) is 26.0 Å². The Morgan fingerprint density at radius 3 is 2.79 bits per heavy atom. The Morgan fingerprint density at radius 2 is 2.21 bits per heavy atom. The highest BCUT2D eigenvalue weighted by Crippen LogP contribution is 2.18. The second-order valence-electron chi connectivity index (χ2n) is 3.40. The Balaban J connectivity index is 2.51. The van der Waals surface area contributed by atoms with E-state index >= 15 is 0 Å². The molecule has 14 heavy (non-hydrogen) atoms. The summed E-state index contributed by atoms with van der Waals surface area (Å²) in [6.07, 6.45) is 2.92. The predicted molar refractivity (Wildman–Crippen MR) is 68.6 cm³/mol. The Kier molecular flexibility index (Phi) is 4.55. The monoisotopic (exact) mass is 271 g/mol. The lowest BCUT2D eigenvalue weighted by Gasteiger charge is -2.03. The Morgan fingerprint density at radius 1 is 1.50 bits per heavy atom. The van der Waals surface area contributed by atoms with Gasteiger partial charge in [-0.3, -0.25) is 0 Å². The van der Waals surface area contributed by atoms with Gasteiger partial charge in [-0.1, -0.05) is 40.3 Å². The summed E-state index contributed by atoms with van der Waals surface area (Å²) < 4.78 is 1.16. The van der Waals surface area contributed by atoms with Crippen LogP contribution in [-0.4, -0.2) is 4.99 Å². The number of nitrogens with two attached hydrogens (primary N) is 1. The maximum atomic E-state index is 5.43. The Hall–Kier alpha value is -0.410. The minimum atomic E-state index is 0.610. The van der Waals surface area contributed by atoms with E-state index in [0.717, 1.165) is 23.7 Å². The van der Waals surface area contributed by atoms with Crippen molar-refractivity contribution in [2.75, 3.05) is 0 Å². The molecular formula is C11H14BrNS. The van der Waals surface area contributed by atoms with E-state index in [9.17, 15) is 0 Å². The minimum Gasteiger partial charge on any atom is -0.393 e. The maximum absolute atomic E-state index is 5.43. The summed E-state index contributed by atoms with van der Waals surface area (Å²) in [6.45, 7) is 2.10. The van der Waals surface area contributed by atoms with Gasteiger partial charge >= 0.3 is 0 Å². The molecule has 1 nitrogen and oxygen atoms in total. The van der Waals surface area contributed by atoms with Crippen LogP contribution < -0.4 is 5.73 Å². The number of thiocarbonyl (C=S) groups is 1. The molecular weight excluding hydrogens is 258 g/mol. The summed E-state index contributed by atoms with van der Waals surface area (Å²) in [5.74, 6) is 0. The fraction of sp³-hybridized carbons (Fsp3) is 0.364. The third-order valence-corrected chi connectivity index (χ3v) is 3.20. The lowest BCUT2D eigenvalue weighted by atomic mass is 10.1. The van der Waals surface area contributed by atoms with Crippen molar-refractivity contribution < 1.29 is 0 Å². The van der Waals surface area contributed by atoms with E-state index in [1.54, 1.807) is 0 Å². The van der Waals surface area contributed by atoms with Crippen molar-refractivity contribution in [2.45, 2.75) is 26.2 Å². The predicted octanol–water partition coefficient (Wildman–Crippen LogP) is 3.37. The fourth-order valence-electron chi connectivity index (χ4n) is 1.33. The largest absolute Gasteiger partial charge is 0.393 e. The lowest BCUT2D eigenvalue weighted by Crippen LogP contribution is -2.07. The van der Waals surface area contributed by atoms with Gasteiger partial charge in [-0.2, -0.15) is 0 Å². The van der Waals surface area contributed by atoms with Crippen LogP contribution in [0.3, 0.4) is 0 Å². The molecule has 0 atom stereocenters. The van der Waals surface area contributed by atoms with E-state index in [0.29, 0.717) is 4.99 Å². The summed E-state index contributed by atoms with van der Waals surface area (Å²) >= 11 is 8.31. The smallest absolute Gasteiger partial charge is 0.0727 e. The summed E-state index contributed by atoms with van der Waals surface area (Å²) in [5, 5.41) is 0. The molecule has 1 rings (SSSR count). The molecule has 0 saturated carbocycles. The molecule has 0 saturated heterocycles. The van der Waals surface area contributed by atoms with Crippen LogP contribution in [-0.2, 0) is 6.42 Å². The van der Waals surface area contributed by atoms with Crippen molar-refractivity contribution in [3.05, 3.63) is 33.8 Å². The second-order valence-corrected chi connectivity index (χ2v) is 4.78. The minimum absolute atomic E-state index is 0.610. The van der Waals surface area contributed by atoms with Crippen LogP contribution in [0, 0.1) is 6.92 Å². The Bertz CT molecular complexity index is 336. The van der Waals surface area contributed by atoms with Crippen LogP contribution in [0.4, 0.5) is 0 Å². The summed E-state index contributed by atoms with van der Waals surface area (Å²) in [6, 6.07) is 6.42. The summed E-state index contributed by atoms with van der Waals surface area (Å²) in [7, 11) is 0.